The summed E-state index contributed by atoms with van der Waals surface area (Å²) in [4.78, 5) is 27.2. The minimum atomic E-state index is -4.51. The van der Waals surface area contributed by atoms with Crippen LogP contribution >= 0.6 is 0 Å². The molecule has 0 radical (unpaired) electrons. The summed E-state index contributed by atoms with van der Waals surface area (Å²) >= 11 is 0. The van der Waals surface area contributed by atoms with Crippen LogP contribution in [0.2, 0.25) is 0 Å². The van der Waals surface area contributed by atoms with Gasteiger partial charge in [-0.15, -0.1) is 0 Å². The van der Waals surface area contributed by atoms with Crippen LogP contribution in [0.5, 0.6) is 0 Å². The predicted octanol–water partition coefficient (Wildman–Crippen LogP) is 3.95. The summed E-state index contributed by atoms with van der Waals surface area (Å²) in [5.41, 5.74) is 0.301. The molecule has 6 nitrogen and oxygen atoms in total. The number of halogens is 3. The van der Waals surface area contributed by atoms with Gasteiger partial charge in [-0.1, -0.05) is 24.3 Å². The number of pyridine rings is 1. The highest BCUT2D eigenvalue weighted by Gasteiger charge is 2.34. The van der Waals surface area contributed by atoms with Gasteiger partial charge in [0.1, 0.15) is 0 Å². The van der Waals surface area contributed by atoms with E-state index in [1.165, 1.54) is 30.6 Å². The first kappa shape index (κ1) is 21.9. The Bertz CT molecular complexity index is 1050. The molecule has 166 valence electrons. The molecule has 0 saturated carbocycles. The van der Waals surface area contributed by atoms with Crippen LogP contribution in [0, 0.1) is 0 Å². The topological polar surface area (TPSA) is 71.0 Å². The highest BCUT2D eigenvalue weighted by atomic mass is 19.4. The van der Waals surface area contributed by atoms with Crippen molar-refractivity contribution < 1.29 is 18.0 Å². The predicted molar refractivity (Wildman–Crippen MR) is 112 cm³/mol. The van der Waals surface area contributed by atoms with E-state index in [0.717, 1.165) is 44.2 Å². The number of nitrogens with zero attached hydrogens (tertiary/aromatic N) is 4. The van der Waals surface area contributed by atoms with Gasteiger partial charge in [0.2, 0.25) is 0 Å². The summed E-state index contributed by atoms with van der Waals surface area (Å²) in [5.74, 6) is -0.402. The normalized spacial score (nSPS) is 15.5. The molecule has 1 N–H and O–H groups in total. The molecule has 3 aromatic rings. The van der Waals surface area contributed by atoms with Crippen LogP contribution in [0.15, 0.2) is 61.1 Å². The lowest BCUT2D eigenvalue weighted by Crippen LogP contribution is -2.44. The fraction of sp³-hybridized carbons (Fsp3) is 0.304. The maximum absolute atomic E-state index is 13.2. The molecule has 1 aliphatic heterocycles. The standard InChI is InChI=1S/C23H22F3N5O/c24-23(25,26)20-7-2-1-6-19(20)21-28-13-16(14-29-21)22(32)30-17-8-11-31(12-9-17)15-18-5-3-4-10-27-18/h1-7,10,13-14,17H,8-9,11-12,15H2,(H,30,32). The van der Waals surface area contributed by atoms with Gasteiger partial charge in [0.05, 0.1) is 16.8 Å². The zero-order chi connectivity index (χ0) is 22.6. The van der Waals surface area contributed by atoms with Crippen molar-refractivity contribution in [1.82, 2.24) is 25.2 Å². The molecule has 2 aromatic heterocycles. The summed E-state index contributed by atoms with van der Waals surface area (Å²) in [6.07, 6.45) is 1.40. The number of alkyl halides is 3. The molecular formula is C23H22F3N5O. The van der Waals surface area contributed by atoms with E-state index in [-0.39, 0.29) is 28.9 Å². The SMILES string of the molecule is O=C(NC1CCN(Cc2ccccn2)CC1)c1cnc(-c2ccccc2C(F)(F)F)nc1. The first-order chi connectivity index (χ1) is 15.4. The number of piperidine rings is 1. The lowest BCUT2D eigenvalue weighted by molar-refractivity contribution is -0.137. The van der Waals surface area contributed by atoms with Crippen LogP contribution in [0.25, 0.3) is 11.4 Å². The molecule has 1 fully saturated rings. The highest BCUT2D eigenvalue weighted by Crippen LogP contribution is 2.35. The number of hydrogen-bond acceptors (Lipinski definition) is 5. The van der Waals surface area contributed by atoms with Crippen molar-refractivity contribution in [2.75, 3.05) is 13.1 Å². The van der Waals surface area contributed by atoms with Gasteiger partial charge in [0.25, 0.3) is 5.91 Å². The Labute approximate surface area is 183 Å². The number of carbonyl (C=O) groups is 1. The van der Waals surface area contributed by atoms with Crippen LogP contribution in [0.4, 0.5) is 13.2 Å². The summed E-state index contributed by atoms with van der Waals surface area (Å²) in [6, 6.07) is 11.0. The second-order valence-electron chi connectivity index (χ2n) is 7.68. The average molecular weight is 441 g/mol. The third-order valence-corrected chi connectivity index (χ3v) is 5.42. The molecule has 1 saturated heterocycles. The van der Waals surface area contributed by atoms with E-state index in [9.17, 15) is 18.0 Å². The zero-order valence-electron chi connectivity index (χ0n) is 17.2. The third-order valence-electron chi connectivity index (χ3n) is 5.42. The van der Waals surface area contributed by atoms with Gasteiger partial charge < -0.3 is 5.32 Å². The number of likely N-dealkylation sites (tertiary alicyclic amines) is 1. The van der Waals surface area contributed by atoms with Crippen LogP contribution < -0.4 is 5.32 Å². The monoisotopic (exact) mass is 441 g/mol. The minimum absolute atomic E-state index is 0.0214. The van der Waals surface area contributed by atoms with Gasteiger partial charge in [-0.05, 0) is 31.0 Å². The van der Waals surface area contributed by atoms with E-state index < -0.39 is 11.7 Å². The largest absolute Gasteiger partial charge is 0.417 e. The molecule has 1 aliphatic rings. The first-order valence-electron chi connectivity index (χ1n) is 10.3. The Hall–Kier alpha value is -3.33. The summed E-state index contributed by atoms with van der Waals surface area (Å²) < 4.78 is 39.7. The van der Waals surface area contributed by atoms with E-state index in [0.29, 0.717) is 0 Å². The fourth-order valence-electron chi connectivity index (χ4n) is 3.73. The van der Waals surface area contributed by atoms with Crippen molar-refractivity contribution in [1.29, 1.82) is 0 Å². The van der Waals surface area contributed by atoms with Gasteiger partial charge in [-0.25, -0.2) is 9.97 Å². The smallest absolute Gasteiger partial charge is 0.349 e. The minimum Gasteiger partial charge on any atom is -0.349 e. The number of hydrogen-bond donors (Lipinski definition) is 1. The summed E-state index contributed by atoms with van der Waals surface area (Å²) in [6.45, 7) is 2.45. The Balaban J connectivity index is 1.34. The zero-order valence-corrected chi connectivity index (χ0v) is 17.2. The molecular weight excluding hydrogens is 419 g/mol. The van der Waals surface area contributed by atoms with Crippen molar-refractivity contribution in [2.24, 2.45) is 0 Å². The molecule has 4 rings (SSSR count). The maximum Gasteiger partial charge on any atom is 0.417 e. The van der Waals surface area contributed by atoms with Crippen molar-refractivity contribution in [3.63, 3.8) is 0 Å². The molecule has 0 bridgehead atoms. The van der Waals surface area contributed by atoms with E-state index in [1.807, 2.05) is 18.2 Å². The number of amides is 1. The molecule has 3 heterocycles. The maximum atomic E-state index is 13.2. The first-order valence-corrected chi connectivity index (χ1v) is 10.3. The Kier molecular flexibility index (Phi) is 6.45. The van der Waals surface area contributed by atoms with Crippen molar-refractivity contribution in [2.45, 2.75) is 31.6 Å². The molecule has 0 atom stereocenters. The van der Waals surface area contributed by atoms with E-state index >= 15 is 0 Å². The lowest BCUT2D eigenvalue weighted by Gasteiger charge is -2.32. The molecule has 9 heteroatoms. The quantitative estimate of drug-likeness (QED) is 0.649. The molecule has 1 amide bonds. The molecule has 1 aromatic carbocycles. The summed E-state index contributed by atoms with van der Waals surface area (Å²) in [5, 5.41) is 2.97. The Morgan fingerprint density at radius 1 is 1.00 bits per heavy atom. The third kappa shape index (κ3) is 5.28. The van der Waals surface area contributed by atoms with Gasteiger partial charge in [-0.2, -0.15) is 13.2 Å². The van der Waals surface area contributed by atoms with Crippen LogP contribution in [0.1, 0.15) is 34.5 Å². The number of aromatic nitrogens is 3. The number of carbonyl (C=O) groups excluding carboxylic acids is 1. The molecule has 32 heavy (non-hydrogen) atoms. The van der Waals surface area contributed by atoms with Crippen molar-refractivity contribution >= 4 is 5.91 Å². The summed E-state index contributed by atoms with van der Waals surface area (Å²) in [7, 11) is 0. The van der Waals surface area contributed by atoms with Gasteiger partial charge >= 0.3 is 6.18 Å². The number of benzene rings is 1. The van der Waals surface area contributed by atoms with Gasteiger partial charge in [0.15, 0.2) is 5.82 Å². The highest BCUT2D eigenvalue weighted by molar-refractivity contribution is 5.93. The number of rotatable bonds is 5. The van der Waals surface area contributed by atoms with Gasteiger partial charge in [-0.3, -0.25) is 14.7 Å². The fourth-order valence-corrected chi connectivity index (χ4v) is 3.73. The van der Waals surface area contributed by atoms with Gasteiger partial charge in [0, 0.05) is 49.8 Å². The Morgan fingerprint density at radius 2 is 1.69 bits per heavy atom. The Morgan fingerprint density at radius 3 is 2.34 bits per heavy atom. The molecule has 0 unspecified atom stereocenters. The molecule has 0 spiro atoms. The van der Waals surface area contributed by atoms with Crippen molar-refractivity contribution in [3.05, 3.63) is 77.9 Å². The second-order valence-corrected chi connectivity index (χ2v) is 7.68. The van der Waals surface area contributed by atoms with Crippen LogP contribution in [-0.2, 0) is 12.7 Å². The molecule has 0 aliphatic carbocycles. The second kappa shape index (κ2) is 9.44. The number of nitrogens with one attached hydrogen (secondary N) is 1. The van der Waals surface area contributed by atoms with Crippen molar-refractivity contribution in [3.8, 4) is 11.4 Å². The van der Waals surface area contributed by atoms with Crippen LogP contribution in [-0.4, -0.2) is 44.9 Å². The lowest BCUT2D eigenvalue weighted by atomic mass is 10.0. The van der Waals surface area contributed by atoms with E-state index in [2.05, 4.69) is 25.2 Å². The van der Waals surface area contributed by atoms with E-state index in [4.69, 9.17) is 0 Å². The average Bonchev–Trinajstić information content (AvgIpc) is 2.80. The van der Waals surface area contributed by atoms with E-state index in [1.54, 1.807) is 6.20 Å². The van der Waals surface area contributed by atoms with Crippen LogP contribution in [0.3, 0.4) is 0 Å².